The molecule has 444 valence electrons. The van der Waals surface area contributed by atoms with Crippen molar-refractivity contribution in [2.45, 2.75) is 283 Å². The molecule has 9 nitrogen and oxygen atoms in total. The highest BCUT2D eigenvalue weighted by Crippen LogP contribution is 2.17. The van der Waals surface area contributed by atoms with Gasteiger partial charge in [0.25, 0.3) is 6.29 Å². The highest BCUT2D eigenvalue weighted by molar-refractivity contribution is 5.71. The largest absolute Gasteiger partial charge is 0.477 e. The van der Waals surface area contributed by atoms with Gasteiger partial charge in [-0.2, -0.15) is 0 Å². The number of carbonyl (C=O) groups is 3. The van der Waals surface area contributed by atoms with E-state index in [2.05, 4.69) is 98.9 Å². The lowest BCUT2D eigenvalue weighted by molar-refractivity contribution is -0.870. The number of hydrogen-bond acceptors (Lipinski definition) is 7. The third-order valence-electron chi connectivity index (χ3n) is 13.7. The van der Waals surface area contributed by atoms with Crippen molar-refractivity contribution in [1.29, 1.82) is 0 Å². The molecule has 9 heteroatoms. The van der Waals surface area contributed by atoms with Crippen LogP contribution in [0.3, 0.4) is 0 Å². The van der Waals surface area contributed by atoms with Crippen LogP contribution in [0.2, 0.25) is 0 Å². The molecule has 0 aromatic rings. The normalized spacial score (nSPS) is 13.3. The first-order valence-electron chi connectivity index (χ1n) is 31.8. The van der Waals surface area contributed by atoms with Gasteiger partial charge in [0, 0.05) is 12.8 Å². The average molecular weight is 1080 g/mol. The van der Waals surface area contributed by atoms with Crippen molar-refractivity contribution < 1.29 is 42.9 Å². The summed E-state index contributed by atoms with van der Waals surface area (Å²) >= 11 is 0. The molecular weight excluding hydrogens is 959 g/mol. The van der Waals surface area contributed by atoms with E-state index in [0.717, 1.165) is 83.5 Å². The fourth-order valence-corrected chi connectivity index (χ4v) is 8.82. The number of aliphatic carboxylic acids is 1. The highest BCUT2D eigenvalue weighted by Gasteiger charge is 2.25. The molecule has 0 aliphatic carbocycles. The molecule has 0 saturated heterocycles. The summed E-state index contributed by atoms with van der Waals surface area (Å²) in [6.07, 6.45) is 75.3. The van der Waals surface area contributed by atoms with Gasteiger partial charge in [0.2, 0.25) is 0 Å². The van der Waals surface area contributed by atoms with Crippen molar-refractivity contribution in [3.63, 3.8) is 0 Å². The smallest absolute Gasteiger partial charge is 0.361 e. The van der Waals surface area contributed by atoms with Crippen LogP contribution < -0.4 is 0 Å². The number of likely N-dealkylation sites (N-methyl/N-ethyl adjacent to an activating group) is 1. The first-order valence-corrected chi connectivity index (χ1v) is 31.8. The quantitative estimate of drug-likeness (QED) is 0.0211. The number of quaternary nitrogens is 1. The van der Waals surface area contributed by atoms with Gasteiger partial charge in [0.15, 0.2) is 6.10 Å². The Kier molecular flexibility index (Phi) is 55.9. The fraction of sp³-hybridized carbons (Fsp3) is 0.750. The van der Waals surface area contributed by atoms with Crippen molar-refractivity contribution in [1.82, 2.24) is 0 Å². The zero-order chi connectivity index (χ0) is 56.2. The van der Waals surface area contributed by atoms with Gasteiger partial charge in [0.1, 0.15) is 13.2 Å². The number of ether oxygens (including phenoxy) is 4. The summed E-state index contributed by atoms with van der Waals surface area (Å²) in [7, 11) is 5.97. The Morgan fingerprint density at radius 1 is 0.403 bits per heavy atom. The predicted octanol–water partition coefficient (Wildman–Crippen LogP) is 19.1. The van der Waals surface area contributed by atoms with Gasteiger partial charge in [0.05, 0.1) is 34.4 Å². The van der Waals surface area contributed by atoms with E-state index in [-0.39, 0.29) is 32.2 Å². The van der Waals surface area contributed by atoms with Gasteiger partial charge in [-0.25, -0.2) is 4.79 Å². The number of carbonyl (C=O) groups excluding carboxylic acids is 2. The van der Waals surface area contributed by atoms with Crippen molar-refractivity contribution in [2.24, 2.45) is 0 Å². The topological polar surface area (TPSA) is 108 Å². The Balaban J connectivity index is 4.08. The van der Waals surface area contributed by atoms with E-state index in [0.29, 0.717) is 17.4 Å². The van der Waals surface area contributed by atoms with E-state index >= 15 is 0 Å². The second-order valence-corrected chi connectivity index (χ2v) is 22.3. The molecule has 77 heavy (non-hydrogen) atoms. The summed E-state index contributed by atoms with van der Waals surface area (Å²) in [5.41, 5.74) is 0. The molecule has 0 saturated carbocycles. The second-order valence-electron chi connectivity index (χ2n) is 22.3. The molecule has 0 rings (SSSR count). The predicted molar refractivity (Wildman–Crippen MR) is 327 cm³/mol. The number of esters is 2. The molecule has 2 atom stereocenters. The number of carboxylic acids is 1. The Labute approximate surface area is 474 Å². The summed E-state index contributed by atoms with van der Waals surface area (Å²) in [5.74, 6) is -1.99. The minimum absolute atomic E-state index is 0.180. The molecule has 0 amide bonds. The van der Waals surface area contributed by atoms with Crippen molar-refractivity contribution in [2.75, 3.05) is 47.5 Å². The van der Waals surface area contributed by atoms with Gasteiger partial charge in [-0.1, -0.05) is 272 Å². The molecule has 0 radical (unpaired) electrons. The molecule has 1 N–H and O–H groups in total. The van der Waals surface area contributed by atoms with Gasteiger partial charge < -0.3 is 28.5 Å². The third kappa shape index (κ3) is 60.0. The molecule has 0 aromatic carbocycles. The lowest BCUT2D eigenvalue weighted by atomic mass is 10.0. The van der Waals surface area contributed by atoms with E-state index in [1.807, 2.05) is 21.1 Å². The Hall–Kier alpha value is -3.53. The lowest BCUT2D eigenvalue weighted by Gasteiger charge is -2.25. The summed E-state index contributed by atoms with van der Waals surface area (Å²) in [6.45, 7) is 4.79. The highest BCUT2D eigenvalue weighted by atomic mass is 16.7. The van der Waals surface area contributed by atoms with Crippen LogP contribution >= 0.6 is 0 Å². The second kappa shape index (κ2) is 58.6. The number of carboxylic acid groups (broad SMARTS) is 1. The molecular formula is C68H120NO8+. The Morgan fingerprint density at radius 2 is 0.740 bits per heavy atom. The van der Waals surface area contributed by atoms with Crippen LogP contribution in [0.25, 0.3) is 0 Å². The van der Waals surface area contributed by atoms with Gasteiger partial charge >= 0.3 is 17.9 Å². The number of allylic oxidation sites excluding steroid dienone is 14. The van der Waals surface area contributed by atoms with Crippen molar-refractivity contribution >= 4 is 17.9 Å². The van der Waals surface area contributed by atoms with Gasteiger partial charge in [-0.05, 0) is 70.6 Å². The molecule has 0 aromatic heterocycles. The minimum Gasteiger partial charge on any atom is -0.477 e. The summed E-state index contributed by atoms with van der Waals surface area (Å²) < 4.78 is 22.9. The Bertz CT molecular complexity index is 1540. The molecule has 0 aliphatic heterocycles. The van der Waals surface area contributed by atoms with E-state index < -0.39 is 24.3 Å². The summed E-state index contributed by atoms with van der Waals surface area (Å²) in [6, 6.07) is 0. The van der Waals surface area contributed by atoms with E-state index in [9.17, 15) is 19.5 Å². The SMILES string of the molecule is CC/C=C\C/C=C\C/C=C\C/C=C\C/C=C\C/C=C\C/C=C\CCCCCCCCCCCCCCCCCC(=O)OC(COC(=O)CCCCCCCCCCCCCCCCC)COC(OCC[N+](C)(C)C)C(=O)O. The average Bonchev–Trinajstić information content (AvgIpc) is 3.40. The lowest BCUT2D eigenvalue weighted by Crippen LogP contribution is -2.40. The maximum absolute atomic E-state index is 12.9. The van der Waals surface area contributed by atoms with Crippen LogP contribution in [0.4, 0.5) is 0 Å². The standard InChI is InChI=1S/C68H119NO8/c1-6-8-10-12-14-16-18-20-22-23-24-25-26-27-28-29-30-31-32-33-34-35-36-37-38-39-40-41-42-43-45-47-49-51-53-55-57-59-66(71)77-64(63-76-68(67(72)73)74-61-60-69(3,4)5)62-75-65(70)58-56-54-52-50-48-46-44-21-19-17-15-13-11-9-7-2/h8,10,14,16,20,22,24-25,27-28,30-31,33-34,64,68H,6-7,9,11-13,15,17-19,21,23,26,29,32,35-63H2,1-5H3/p+1/b10-8-,16-14-,22-20-,25-24-,28-27-,31-30-,34-33-. The molecule has 2 unspecified atom stereocenters. The van der Waals surface area contributed by atoms with E-state index in [1.54, 1.807) is 0 Å². The maximum Gasteiger partial charge on any atom is 0.361 e. The number of hydrogen-bond donors (Lipinski definition) is 1. The van der Waals surface area contributed by atoms with E-state index in [1.165, 1.54) is 161 Å². The zero-order valence-corrected chi connectivity index (χ0v) is 50.6. The molecule has 0 bridgehead atoms. The number of rotatable bonds is 58. The first-order chi connectivity index (χ1) is 37.6. The van der Waals surface area contributed by atoms with Crippen LogP contribution in [0.1, 0.15) is 271 Å². The minimum atomic E-state index is -1.51. The maximum atomic E-state index is 12.9. The van der Waals surface area contributed by atoms with E-state index in [4.69, 9.17) is 18.9 Å². The molecule has 0 aliphatic rings. The van der Waals surface area contributed by atoms with Crippen LogP contribution in [-0.2, 0) is 33.3 Å². The monoisotopic (exact) mass is 1080 g/mol. The van der Waals surface area contributed by atoms with Crippen molar-refractivity contribution in [3.05, 3.63) is 85.1 Å². The number of nitrogens with zero attached hydrogens (tertiary/aromatic N) is 1. The van der Waals surface area contributed by atoms with Gasteiger partial charge in [-0.15, -0.1) is 0 Å². The van der Waals surface area contributed by atoms with Crippen LogP contribution in [0, 0.1) is 0 Å². The fourth-order valence-electron chi connectivity index (χ4n) is 8.82. The Morgan fingerprint density at radius 3 is 1.10 bits per heavy atom. The van der Waals surface area contributed by atoms with Crippen LogP contribution in [-0.4, -0.2) is 87.4 Å². The van der Waals surface area contributed by atoms with Crippen molar-refractivity contribution in [3.8, 4) is 0 Å². The summed E-state index contributed by atoms with van der Waals surface area (Å²) in [4.78, 5) is 37.4. The molecule has 0 heterocycles. The van der Waals surface area contributed by atoms with Gasteiger partial charge in [-0.3, -0.25) is 9.59 Å². The first kappa shape index (κ1) is 73.5. The zero-order valence-electron chi connectivity index (χ0n) is 50.6. The molecule has 0 fully saturated rings. The van der Waals surface area contributed by atoms with Crippen LogP contribution in [0.15, 0.2) is 85.1 Å². The van der Waals surface area contributed by atoms with Crippen LogP contribution in [0.5, 0.6) is 0 Å². The third-order valence-corrected chi connectivity index (χ3v) is 13.7. The summed E-state index contributed by atoms with van der Waals surface area (Å²) in [5, 5.41) is 9.71. The molecule has 0 spiro atoms. The number of unbranched alkanes of at least 4 members (excludes halogenated alkanes) is 29.